The maximum Gasteiger partial charge on any atom is 0.490 e. The van der Waals surface area contributed by atoms with Crippen molar-refractivity contribution in [1.29, 1.82) is 0 Å². The predicted molar refractivity (Wildman–Crippen MR) is 103 cm³/mol. The van der Waals surface area contributed by atoms with E-state index in [0.717, 1.165) is 30.4 Å². The number of carboxylic acids is 1. The molecular weight excluding hydrogens is 436 g/mol. The molecule has 0 radical (unpaired) electrons. The standard InChI is InChI=1S/C19H25FN2O3.C2HF3O2/c1-14-7-15(10-21-9-14)11-24-16-3-6-25-18(8-16)12-22(13-18)17(23)19(20)4-2-5-19;3-2(4,5)1(6)7/h7,9-10,16H,2-6,8,11-13H2,1H3;(H,6,7). The molecule has 1 aromatic rings. The maximum atomic E-state index is 14.3. The second-order valence-corrected chi connectivity index (χ2v) is 8.61. The van der Waals surface area contributed by atoms with E-state index in [1.807, 2.05) is 19.3 Å². The molecule has 32 heavy (non-hydrogen) atoms. The second kappa shape index (κ2) is 9.30. The number of carbonyl (C=O) groups is 2. The molecule has 178 valence electrons. The van der Waals surface area contributed by atoms with Gasteiger partial charge in [0.15, 0.2) is 5.67 Å². The van der Waals surface area contributed by atoms with Crippen molar-refractivity contribution in [3.05, 3.63) is 29.6 Å². The van der Waals surface area contributed by atoms with Crippen LogP contribution < -0.4 is 0 Å². The Bertz CT molecular complexity index is 838. The third-order valence-electron chi connectivity index (χ3n) is 5.88. The molecule has 2 aliphatic heterocycles. The number of ether oxygens (including phenoxy) is 2. The Kier molecular flexibility index (Phi) is 7.09. The number of rotatable bonds is 4. The van der Waals surface area contributed by atoms with Crippen LogP contribution in [0.5, 0.6) is 0 Å². The first-order valence-corrected chi connectivity index (χ1v) is 10.4. The van der Waals surface area contributed by atoms with Gasteiger partial charge in [0.1, 0.15) is 5.60 Å². The van der Waals surface area contributed by atoms with Gasteiger partial charge in [-0.25, -0.2) is 9.18 Å². The van der Waals surface area contributed by atoms with E-state index in [-0.39, 0.29) is 17.6 Å². The van der Waals surface area contributed by atoms with Crippen LogP contribution in [0.4, 0.5) is 17.6 Å². The molecule has 2 saturated heterocycles. The van der Waals surface area contributed by atoms with Gasteiger partial charge in [-0.05, 0) is 43.7 Å². The van der Waals surface area contributed by atoms with Crippen molar-refractivity contribution in [1.82, 2.24) is 9.88 Å². The molecule has 3 heterocycles. The molecule has 0 aromatic carbocycles. The minimum absolute atomic E-state index is 0.106. The molecule has 1 spiro atoms. The van der Waals surface area contributed by atoms with E-state index in [9.17, 15) is 22.4 Å². The zero-order chi connectivity index (χ0) is 23.6. The van der Waals surface area contributed by atoms with Crippen LogP contribution in [-0.4, -0.2) is 70.1 Å². The average Bonchev–Trinajstić information content (AvgIpc) is 2.68. The first-order valence-electron chi connectivity index (χ1n) is 10.4. The summed E-state index contributed by atoms with van der Waals surface area (Å²) in [6.07, 6.45) is 1.82. The molecule has 1 amide bonds. The molecule has 7 nitrogen and oxygen atoms in total. The Hall–Kier alpha value is -2.27. The number of likely N-dealkylation sites (tertiary alicyclic amines) is 1. The van der Waals surface area contributed by atoms with E-state index in [4.69, 9.17) is 19.4 Å². The van der Waals surface area contributed by atoms with Crippen molar-refractivity contribution < 1.29 is 41.7 Å². The monoisotopic (exact) mass is 462 g/mol. The Labute approximate surface area is 182 Å². The zero-order valence-electron chi connectivity index (χ0n) is 17.7. The lowest BCUT2D eigenvalue weighted by Gasteiger charge is -2.54. The van der Waals surface area contributed by atoms with Gasteiger partial charge < -0.3 is 19.5 Å². The quantitative estimate of drug-likeness (QED) is 0.692. The largest absolute Gasteiger partial charge is 0.490 e. The second-order valence-electron chi connectivity index (χ2n) is 8.61. The Morgan fingerprint density at radius 1 is 1.31 bits per heavy atom. The van der Waals surface area contributed by atoms with E-state index >= 15 is 0 Å². The lowest BCUT2D eigenvalue weighted by atomic mass is 9.78. The van der Waals surface area contributed by atoms with Crippen molar-refractivity contribution in [2.75, 3.05) is 19.7 Å². The summed E-state index contributed by atoms with van der Waals surface area (Å²) in [5.41, 5.74) is 0.234. The Balaban J connectivity index is 0.000000360. The van der Waals surface area contributed by atoms with E-state index < -0.39 is 17.8 Å². The fourth-order valence-electron chi connectivity index (χ4n) is 4.03. The topological polar surface area (TPSA) is 89.0 Å². The van der Waals surface area contributed by atoms with Gasteiger partial charge in [0.05, 0.1) is 25.8 Å². The molecule has 1 aliphatic carbocycles. The van der Waals surface area contributed by atoms with Crippen LogP contribution in [-0.2, 0) is 25.7 Å². The number of alkyl halides is 4. The molecular formula is C21H26F4N2O5. The smallest absolute Gasteiger partial charge is 0.475 e. The van der Waals surface area contributed by atoms with Gasteiger partial charge in [-0.3, -0.25) is 9.78 Å². The SMILES string of the molecule is Cc1cncc(COC2CCOC3(C2)CN(C(=O)C2(F)CCC2)C3)c1.O=C(O)C(F)(F)F. The third kappa shape index (κ3) is 5.74. The number of hydrogen-bond donors (Lipinski definition) is 1. The van der Waals surface area contributed by atoms with E-state index in [1.54, 1.807) is 4.90 Å². The van der Waals surface area contributed by atoms with Crippen molar-refractivity contribution in [2.45, 2.75) is 69.2 Å². The number of pyridine rings is 1. The summed E-state index contributed by atoms with van der Waals surface area (Å²) in [5, 5.41) is 7.12. The predicted octanol–water partition coefficient (Wildman–Crippen LogP) is 3.19. The van der Waals surface area contributed by atoms with Crippen molar-refractivity contribution in [2.24, 2.45) is 0 Å². The fraction of sp³-hybridized carbons (Fsp3) is 0.667. The molecule has 3 aliphatic rings. The fourth-order valence-corrected chi connectivity index (χ4v) is 4.03. The van der Waals surface area contributed by atoms with Crippen molar-refractivity contribution in [3.63, 3.8) is 0 Å². The summed E-state index contributed by atoms with van der Waals surface area (Å²) >= 11 is 0. The van der Waals surface area contributed by atoms with E-state index in [1.165, 1.54) is 0 Å². The number of aromatic nitrogens is 1. The molecule has 1 atom stereocenters. The summed E-state index contributed by atoms with van der Waals surface area (Å²) in [6.45, 7) is 4.15. The number of carbonyl (C=O) groups excluding carboxylic acids is 1. The summed E-state index contributed by atoms with van der Waals surface area (Å²) in [4.78, 5) is 26.9. The summed E-state index contributed by atoms with van der Waals surface area (Å²) < 4.78 is 58.0. The van der Waals surface area contributed by atoms with Gasteiger partial charge >= 0.3 is 12.1 Å². The van der Waals surface area contributed by atoms with Gasteiger partial charge in [-0.1, -0.05) is 6.07 Å². The van der Waals surface area contributed by atoms with Crippen LogP contribution >= 0.6 is 0 Å². The van der Waals surface area contributed by atoms with E-state index in [0.29, 0.717) is 39.1 Å². The molecule has 0 bridgehead atoms. The summed E-state index contributed by atoms with van der Waals surface area (Å²) in [6, 6.07) is 2.07. The number of carboxylic acid groups (broad SMARTS) is 1. The lowest BCUT2D eigenvalue weighted by Crippen LogP contribution is -2.70. The number of nitrogens with zero attached hydrogens (tertiary/aromatic N) is 2. The highest BCUT2D eigenvalue weighted by molar-refractivity contribution is 5.87. The minimum atomic E-state index is -5.08. The van der Waals surface area contributed by atoms with Crippen molar-refractivity contribution in [3.8, 4) is 0 Å². The highest BCUT2D eigenvalue weighted by Gasteiger charge is 2.55. The van der Waals surface area contributed by atoms with Crippen LogP contribution in [0.1, 0.15) is 43.2 Å². The van der Waals surface area contributed by atoms with Crippen LogP contribution in [0.25, 0.3) is 0 Å². The number of aryl methyl sites for hydroxylation is 1. The highest BCUT2D eigenvalue weighted by atomic mass is 19.4. The van der Waals surface area contributed by atoms with Gasteiger partial charge in [0.2, 0.25) is 0 Å². The maximum absolute atomic E-state index is 14.3. The summed E-state index contributed by atoms with van der Waals surface area (Å²) in [5.74, 6) is -3.10. The molecule has 1 N–H and O–H groups in total. The molecule has 1 unspecified atom stereocenters. The third-order valence-corrected chi connectivity index (χ3v) is 5.88. The van der Waals surface area contributed by atoms with Gasteiger partial charge in [0.25, 0.3) is 5.91 Å². The van der Waals surface area contributed by atoms with E-state index in [2.05, 4.69) is 11.1 Å². The van der Waals surface area contributed by atoms with Crippen molar-refractivity contribution >= 4 is 11.9 Å². The number of aliphatic carboxylic acids is 1. The lowest BCUT2D eigenvalue weighted by molar-refractivity contribution is -0.210. The summed E-state index contributed by atoms with van der Waals surface area (Å²) in [7, 11) is 0. The Morgan fingerprint density at radius 3 is 2.50 bits per heavy atom. The van der Waals surface area contributed by atoms with Crippen LogP contribution in [0.15, 0.2) is 18.5 Å². The van der Waals surface area contributed by atoms with Gasteiger partial charge in [-0.2, -0.15) is 13.2 Å². The number of halogens is 4. The zero-order valence-corrected chi connectivity index (χ0v) is 17.7. The first-order chi connectivity index (χ1) is 14.9. The highest BCUT2D eigenvalue weighted by Crippen LogP contribution is 2.42. The van der Waals surface area contributed by atoms with Crippen LogP contribution in [0.3, 0.4) is 0 Å². The number of amides is 1. The minimum Gasteiger partial charge on any atom is -0.475 e. The molecule has 4 rings (SSSR count). The molecule has 1 aromatic heterocycles. The van der Waals surface area contributed by atoms with Gasteiger partial charge in [-0.15, -0.1) is 0 Å². The average molecular weight is 462 g/mol. The van der Waals surface area contributed by atoms with Gasteiger partial charge in [0, 0.05) is 25.4 Å². The molecule has 3 fully saturated rings. The normalized spacial score (nSPS) is 23.4. The van der Waals surface area contributed by atoms with Crippen LogP contribution in [0.2, 0.25) is 0 Å². The van der Waals surface area contributed by atoms with Crippen LogP contribution in [0, 0.1) is 6.92 Å². The molecule has 1 saturated carbocycles. The molecule has 11 heteroatoms. The first kappa shape index (κ1) is 24.4. The number of hydrogen-bond acceptors (Lipinski definition) is 5. The Morgan fingerprint density at radius 2 is 1.97 bits per heavy atom.